The Morgan fingerprint density at radius 3 is 2.61 bits per heavy atom. The molecule has 0 saturated carbocycles. The maximum atomic E-state index is 12.9. The standard InChI is InChI=1S/C20H23N5O3/c1-12(2)18-15-9-13(20(3,4)28)5-6-14(15)19(27)25(24-18)10-17(26)23-16-7-8-21-11-22-16/h5-9,11-12,28H,10H2,1-4H3,(H,21,22,23,26). The van der Waals surface area contributed by atoms with Gasteiger partial charge in [-0.1, -0.05) is 19.9 Å². The summed E-state index contributed by atoms with van der Waals surface area (Å²) >= 11 is 0. The topological polar surface area (TPSA) is 110 Å². The molecule has 0 atom stereocenters. The highest BCUT2D eigenvalue weighted by atomic mass is 16.3. The molecule has 8 nitrogen and oxygen atoms in total. The fourth-order valence-corrected chi connectivity index (χ4v) is 2.91. The number of hydrogen-bond acceptors (Lipinski definition) is 6. The molecular formula is C20H23N5O3. The first kappa shape index (κ1) is 19.6. The summed E-state index contributed by atoms with van der Waals surface area (Å²) in [4.78, 5) is 32.9. The Morgan fingerprint density at radius 1 is 1.25 bits per heavy atom. The van der Waals surface area contributed by atoms with Crippen LogP contribution < -0.4 is 10.9 Å². The van der Waals surface area contributed by atoms with Crippen LogP contribution in [0.3, 0.4) is 0 Å². The summed E-state index contributed by atoms with van der Waals surface area (Å²) in [7, 11) is 0. The van der Waals surface area contributed by atoms with E-state index in [4.69, 9.17) is 0 Å². The van der Waals surface area contributed by atoms with Gasteiger partial charge in [-0.2, -0.15) is 5.10 Å². The Balaban J connectivity index is 2.03. The number of fused-ring (bicyclic) bond motifs is 1. The monoisotopic (exact) mass is 381 g/mol. The van der Waals surface area contributed by atoms with Gasteiger partial charge in [-0.15, -0.1) is 0 Å². The quantitative estimate of drug-likeness (QED) is 0.701. The summed E-state index contributed by atoms with van der Waals surface area (Å²) in [5.41, 5.74) is -0.00762. The second-order valence-corrected chi connectivity index (χ2v) is 7.46. The van der Waals surface area contributed by atoms with Gasteiger partial charge in [0.2, 0.25) is 5.91 Å². The number of aliphatic hydroxyl groups is 1. The maximum absolute atomic E-state index is 12.9. The van der Waals surface area contributed by atoms with Crippen molar-refractivity contribution < 1.29 is 9.90 Å². The van der Waals surface area contributed by atoms with Crippen LogP contribution in [0.1, 0.15) is 44.9 Å². The second kappa shape index (κ2) is 7.47. The van der Waals surface area contributed by atoms with Crippen molar-refractivity contribution >= 4 is 22.5 Å². The van der Waals surface area contributed by atoms with Crippen LogP contribution in [0.25, 0.3) is 10.8 Å². The zero-order valence-corrected chi connectivity index (χ0v) is 16.3. The van der Waals surface area contributed by atoms with Crippen molar-refractivity contribution in [1.29, 1.82) is 0 Å². The Labute approximate surface area is 162 Å². The summed E-state index contributed by atoms with van der Waals surface area (Å²) in [5.74, 6) is -0.0282. The van der Waals surface area contributed by atoms with Gasteiger partial charge < -0.3 is 10.4 Å². The van der Waals surface area contributed by atoms with E-state index in [1.807, 2.05) is 13.8 Å². The number of carbonyl (C=O) groups excluding carboxylic acids is 1. The van der Waals surface area contributed by atoms with Crippen molar-refractivity contribution in [3.8, 4) is 0 Å². The van der Waals surface area contributed by atoms with Gasteiger partial charge in [-0.3, -0.25) is 9.59 Å². The molecule has 2 N–H and O–H groups in total. The number of hydrogen-bond donors (Lipinski definition) is 2. The molecule has 0 unspecified atom stereocenters. The molecule has 0 bridgehead atoms. The van der Waals surface area contributed by atoms with Crippen molar-refractivity contribution in [3.63, 3.8) is 0 Å². The zero-order valence-electron chi connectivity index (χ0n) is 16.3. The molecule has 3 aromatic rings. The molecule has 0 aliphatic rings. The van der Waals surface area contributed by atoms with Crippen molar-refractivity contribution in [2.45, 2.75) is 45.8 Å². The van der Waals surface area contributed by atoms with Crippen LogP contribution in [0.15, 0.2) is 41.6 Å². The van der Waals surface area contributed by atoms with Crippen molar-refractivity contribution in [2.24, 2.45) is 0 Å². The van der Waals surface area contributed by atoms with Crippen LogP contribution in [-0.4, -0.2) is 30.8 Å². The summed E-state index contributed by atoms with van der Waals surface area (Å²) in [6, 6.07) is 6.76. The summed E-state index contributed by atoms with van der Waals surface area (Å²) in [5, 5.41) is 18.5. The molecule has 146 valence electrons. The third-order valence-corrected chi connectivity index (χ3v) is 4.38. The molecule has 0 fully saturated rings. The number of benzene rings is 1. The summed E-state index contributed by atoms with van der Waals surface area (Å²) in [6.07, 6.45) is 2.84. The fourth-order valence-electron chi connectivity index (χ4n) is 2.91. The SMILES string of the molecule is CC(C)c1nn(CC(=O)Nc2ccncn2)c(=O)c2ccc(C(C)(C)O)cc12. The normalized spacial score (nSPS) is 11.8. The molecule has 1 amide bonds. The molecule has 0 radical (unpaired) electrons. The highest BCUT2D eigenvalue weighted by Crippen LogP contribution is 2.27. The number of carbonyl (C=O) groups is 1. The lowest BCUT2D eigenvalue weighted by Gasteiger charge is -2.20. The van der Waals surface area contributed by atoms with E-state index in [0.717, 1.165) is 4.68 Å². The lowest BCUT2D eigenvalue weighted by atomic mass is 9.94. The van der Waals surface area contributed by atoms with E-state index < -0.39 is 11.5 Å². The second-order valence-electron chi connectivity index (χ2n) is 7.46. The maximum Gasteiger partial charge on any atom is 0.275 e. The predicted octanol–water partition coefficient (Wildman–Crippen LogP) is 2.18. The number of rotatable bonds is 5. The van der Waals surface area contributed by atoms with Crippen molar-refractivity contribution in [3.05, 3.63) is 58.4 Å². The molecule has 0 aliphatic heterocycles. The largest absolute Gasteiger partial charge is 0.386 e. The van der Waals surface area contributed by atoms with Crippen LogP contribution in [-0.2, 0) is 16.9 Å². The third kappa shape index (κ3) is 4.07. The van der Waals surface area contributed by atoms with E-state index in [1.54, 1.807) is 38.1 Å². The molecule has 8 heteroatoms. The van der Waals surface area contributed by atoms with Crippen LogP contribution in [0, 0.1) is 0 Å². The first-order valence-electron chi connectivity index (χ1n) is 9.00. The van der Waals surface area contributed by atoms with Crippen LogP contribution in [0.4, 0.5) is 5.82 Å². The zero-order chi connectivity index (χ0) is 20.5. The molecule has 2 heterocycles. The molecule has 2 aromatic heterocycles. The Morgan fingerprint density at radius 2 is 2.00 bits per heavy atom. The van der Waals surface area contributed by atoms with Gasteiger partial charge in [0.15, 0.2) is 0 Å². The van der Waals surface area contributed by atoms with Gasteiger partial charge in [0.05, 0.1) is 16.7 Å². The van der Waals surface area contributed by atoms with Gasteiger partial charge >= 0.3 is 0 Å². The minimum Gasteiger partial charge on any atom is -0.386 e. The first-order chi connectivity index (χ1) is 13.2. The van der Waals surface area contributed by atoms with Gasteiger partial charge in [0.25, 0.3) is 5.56 Å². The first-order valence-corrected chi connectivity index (χ1v) is 9.00. The Hall–Kier alpha value is -3.13. The number of amides is 1. The smallest absolute Gasteiger partial charge is 0.275 e. The van der Waals surface area contributed by atoms with Crippen molar-refractivity contribution in [2.75, 3.05) is 5.32 Å². The van der Waals surface area contributed by atoms with E-state index in [0.29, 0.717) is 27.8 Å². The third-order valence-electron chi connectivity index (χ3n) is 4.38. The molecule has 0 saturated heterocycles. The molecule has 1 aromatic carbocycles. The molecular weight excluding hydrogens is 358 g/mol. The van der Waals surface area contributed by atoms with Crippen molar-refractivity contribution in [1.82, 2.24) is 19.7 Å². The van der Waals surface area contributed by atoms with E-state index in [1.165, 1.54) is 12.5 Å². The molecule has 3 rings (SSSR count). The number of nitrogens with zero attached hydrogens (tertiary/aromatic N) is 4. The van der Waals surface area contributed by atoms with Gasteiger partial charge in [-0.25, -0.2) is 14.6 Å². The summed E-state index contributed by atoms with van der Waals surface area (Å²) in [6.45, 7) is 7.08. The number of nitrogens with one attached hydrogen (secondary N) is 1. The lowest BCUT2D eigenvalue weighted by Crippen LogP contribution is -2.31. The van der Waals surface area contributed by atoms with Crippen LogP contribution in [0.5, 0.6) is 0 Å². The average Bonchev–Trinajstić information content (AvgIpc) is 2.63. The number of aromatic nitrogens is 4. The Bertz CT molecular complexity index is 1070. The average molecular weight is 381 g/mol. The lowest BCUT2D eigenvalue weighted by molar-refractivity contribution is -0.117. The molecule has 0 spiro atoms. The predicted molar refractivity (Wildman–Crippen MR) is 106 cm³/mol. The number of anilines is 1. The van der Waals surface area contributed by atoms with Crippen LogP contribution in [0.2, 0.25) is 0 Å². The van der Waals surface area contributed by atoms with E-state index in [2.05, 4.69) is 20.4 Å². The van der Waals surface area contributed by atoms with E-state index >= 15 is 0 Å². The Kier molecular flexibility index (Phi) is 5.24. The van der Waals surface area contributed by atoms with E-state index in [-0.39, 0.29) is 18.0 Å². The molecule has 28 heavy (non-hydrogen) atoms. The van der Waals surface area contributed by atoms with Gasteiger partial charge in [0.1, 0.15) is 18.7 Å². The minimum absolute atomic E-state index is 0.0244. The highest BCUT2D eigenvalue weighted by Gasteiger charge is 2.20. The fraction of sp³-hybridized carbons (Fsp3) is 0.350. The summed E-state index contributed by atoms with van der Waals surface area (Å²) < 4.78 is 1.16. The minimum atomic E-state index is -1.03. The highest BCUT2D eigenvalue weighted by molar-refractivity contribution is 5.90. The van der Waals surface area contributed by atoms with Gasteiger partial charge in [-0.05, 0) is 43.5 Å². The molecule has 0 aliphatic carbocycles. The van der Waals surface area contributed by atoms with E-state index in [9.17, 15) is 14.7 Å². The van der Waals surface area contributed by atoms with Gasteiger partial charge in [0, 0.05) is 11.6 Å². The van der Waals surface area contributed by atoms with Crippen LogP contribution >= 0.6 is 0 Å².